The Morgan fingerprint density at radius 1 is 1.08 bits per heavy atom. The molecular formula is C21H33N3O. The highest BCUT2D eigenvalue weighted by Crippen LogP contribution is 2.27. The molecule has 0 radical (unpaired) electrons. The quantitative estimate of drug-likeness (QED) is 0.844. The van der Waals surface area contributed by atoms with Crippen molar-refractivity contribution >= 4 is 5.91 Å². The van der Waals surface area contributed by atoms with Gasteiger partial charge in [-0.1, -0.05) is 29.8 Å². The van der Waals surface area contributed by atoms with E-state index in [1.807, 2.05) is 4.90 Å². The van der Waals surface area contributed by atoms with Gasteiger partial charge in [0, 0.05) is 57.8 Å². The van der Waals surface area contributed by atoms with E-state index in [0.717, 1.165) is 45.6 Å². The van der Waals surface area contributed by atoms with Gasteiger partial charge in [-0.15, -0.1) is 0 Å². The predicted molar refractivity (Wildman–Crippen MR) is 103 cm³/mol. The van der Waals surface area contributed by atoms with Crippen LogP contribution in [0.4, 0.5) is 0 Å². The number of carbonyl (C=O) groups excluding carboxylic acids is 1. The molecule has 3 rings (SSSR count). The molecule has 2 atom stereocenters. The number of rotatable bonds is 3. The topological polar surface area (TPSA) is 26.8 Å². The van der Waals surface area contributed by atoms with Gasteiger partial charge < -0.3 is 4.90 Å². The van der Waals surface area contributed by atoms with Gasteiger partial charge in [0.05, 0.1) is 0 Å². The summed E-state index contributed by atoms with van der Waals surface area (Å²) in [5.74, 6) is 0.226. The third kappa shape index (κ3) is 4.24. The summed E-state index contributed by atoms with van der Waals surface area (Å²) in [5.41, 5.74) is 2.74. The standard InChI is InChI=1S/C21H33N3O/c1-16-5-7-20(8-6-16)18(3)24-14-13-23(15-17(24)2)21-9-11-22(12-10-21)19(4)25/h5-8,17-18,21H,9-15H2,1-4H3. The molecule has 2 aliphatic heterocycles. The molecule has 0 N–H and O–H groups in total. The van der Waals surface area contributed by atoms with E-state index in [2.05, 4.69) is 54.8 Å². The number of carbonyl (C=O) groups is 1. The van der Waals surface area contributed by atoms with E-state index >= 15 is 0 Å². The lowest BCUT2D eigenvalue weighted by atomic mass is 9.98. The van der Waals surface area contributed by atoms with Gasteiger partial charge in [-0.05, 0) is 39.2 Å². The molecule has 0 saturated carbocycles. The van der Waals surface area contributed by atoms with Gasteiger partial charge in [0.15, 0.2) is 0 Å². The Bertz CT molecular complexity index is 577. The lowest BCUT2D eigenvalue weighted by Crippen LogP contribution is -2.57. The van der Waals surface area contributed by atoms with Gasteiger partial charge in [0.1, 0.15) is 0 Å². The Kier molecular flexibility index (Phi) is 5.80. The van der Waals surface area contributed by atoms with Gasteiger partial charge in [-0.2, -0.15) is 0 Å². The van der Waals surface area contributed by atoms with Crippen LogP contribution in [-0.2, 0) is 4.79 Å². The van der Waals surface area contributed by atoms with Crippen LogP contribution in [0, 0.1) is 6.92 Å². The van der Waals surface area contributed by atoms with Gasteiger partial charge in [-0.25, -0.2) is 0 Å². The van der Waals surface area contributed by atoms with E-state index in [9.17, 15) is 4.79 Å². The Morgan fingerprint density at radius 3 is 2.28 bits per heavy atom. The zero-order valence-corrected chi connectivity index (χ0v) is 16.2. The number of likely N-dealkylation sites (tertiary alicyclic amines) is 1. The zero-order chi connectivity index (χ0) is 18.0. The van der Waals surface area contributed by atoms with E-state index in [1.54, 1.807) is 6.92 Å². The van der Waals surface area contributed by atoms with Crippen molar-refractivity contribution in [2.24, 2.45) is 0 Å². The predicted octanol–water partition coefficient (Wildman–Crippen LogP) is 3.07. The minimum atomic E-state index is 0.226. The SMILES string of the molecule is CC(=O)N1CCC(N2CCN(C(C)c3ccc(C)cc3)C(C)C2)CC1. The first-order chi connectivity index (χ1) is 12.0. The van der Waals surface area contributed by atoms with E-state index in [4.69, 9.17) is 0 Å². The van der Waals surface area contributed by atoms with Crippen molar-refractivity contribution < 1.29 is 4.79 Å². The molecule has 4 heteroatoms. The second kappa shape index (κ2) is 7.88. The van der Waals surface area contributed by atoms with Crippen molar-refractivity contribution in [3.8, 4) is 0 Å². The lowest BCUT2D eigenvalue weighted by molar-refractivity contribution is -0.130. The highest BCUT2D eigenvalue weighted by molar-refractivity contribution is 5.73. The maximum Gasteiger partial charge on any atom is 0.219 e. The number of amides is 1. The molecule has 1 aromatic carbocycles. The summed E-state index contributed by atoms with van der Waals surface area (Å²) in [6, 6.07) is 10.7. The molecule has 0 bridgehead atoms. The highest BCUT2D eigenvalue weighted by atomic mass is 16.2. The molecule has 25 heavy (non-hydrogen) atoms. The van der Waals surface area contributed by atoms with Crippen molar-refractivity contribution in [1.82, 2.24) is 14.7 Å². The molecule has 4 nitrogen and oxygen atoms in total. The number of piperazine rings is 1. The van der Waals surface area contributed by atoms with Crippen LogP contribution in [0.3, 0.4) is 0 Å². The van der Waals surface area contributed by atoms with Crippen LogP contribution in [-0.4, -0.2) is 65.4 Å². The summed E-state index contributed by atoms with van der Waals surface area (Å²) in [4.78, 5) is 18.8. The number of aryl methyl sites for hydroxylation is 1. The monoisotopic (exact) mass is 343 g/mol. The van der Waals surface area contributed by atoms with Crippen LogP contribution >= 0.6 is 0 Å². The van der Waals surface area contributed by atoms with Crippen LogP contribution in [0.1, 0.15) is 50.8 Å². The van der Waals surface area contributed by atoms with Crippen LogP contribution < -0.4 is 0 Å². The van der Waals surface area contributed by atoms with E-state index in [-0.39, 0.29) is 5.91 Å². The summed E-state index contributed by atoms with van der Waals surface area (Å²) in [6.45, 7) is 13.8. The van der Waals surface area contributed by atoms with Crippen molar-refractivity contribution in [1.29, 1.82) is 0 Å². The second-order valence-corrected chi connectivity index (χ2v) is 7.91. The molecule has 0 aliphatic carbocycles. The molecule has 0 aromatic heterocycles. The minimum absolute atomic E-state index is 0.226. The normalized spacial score (nSPS) is 25.1. The Hall–Kier alpha value is -1.39. The van der Waals surface area contributed by atoms with Crippen LogP contribution in [0.25, 0.3) is 0 Å². The fourth-order valence-electron chi connectivity index (χ4n) is 4.49. The number of hydrogen-bond acceptors (Lipinski definition) is 3. The molecule has 1 aromatic rings. The first kappa shape index (κ1) is 18.4. The van der Waals surface area contributed by atoms with E-state index in [1.165, 1.54) is 11.1 Å². The third-order valence-electron chi connectivity index (χ3n) is 6.19. The second-order valence-electron chi connectivity index (χ2n) is 7.91. The molecule has 1 amide bonds. The number of piperidine rings is 1. The molecule has 2 heterocycles. The fraction of sp³-hybridized carbons (Fsp3) is 0.667. The summed E-state index contributed by atoms with van der Waals surface area (Å²) in [7, 11) is 0. The zero-order valence-electron chi connectivity index (χ0n) is 16.2. The largest absolute Gasteiger partial charge is 0.343 e. The van der Waals surface area contributed by atoms with Gasteiger partial charge in [-0.3, -0.25) is 14.6 Å². The molecule has 2 unspecified atom stereocenters. The van der Waals surface area contributed by atoms with Crippen molar-refractivity contribution in [2.45, 2.75) is 58.7 Å². The van der Waals surface area contributed by atoms with E-state index in [0.29, 0.717) is 18.1 Å². The Balaban J connectivity index is 1.55. The average Bonchev–Trinajstić information content (AvgIpc) is 2.62. The molecule has 2 aliphatic rings. The van der Waals surface area contributed by atoms with Gasteiger partial charge in [0.25, 0.3) is 0 Å². The molecule has 2 saturated heterocycles. The van der Waals surface area contributed by atoms with Crippen molar-refractivity contribution in [3.63, 3.8) is 0 Å². The van der Waals surface area contributed by atoms with Crippen LogP contribution in [0.2, 0.25) is 0 Å². The van der Waals surface area contributed by atoms with Crippen LogP contribution in [0.5, 0.6) is 0 Å². The van der Waals surface area contributed by atoms with Crippen LogP contribution in [0.15, 0.2) is 24.3 Å². The average molecular weight is 344 g/mol. The summed E-state index contributed by atoms with van der Waals surface area (Å²) in [6.07, 6.45) is 2.25. The van der Waals surface area contributed by atoms with Crippen molar-refractivity contribution in [2.75, 3.05) is 32.7 Å². The van der Waals surface area contributed by atoms with Crippen molar-refractivity contribution in [3.05, 3.63) is 35.4 Å². The third-order valence-corrected chi connectivity index (χ3v) is 6.19. The summed E-state index contributed by atoms with van der Waals surface area (Å²) >= 11 is 0. The first-order valence-electron chi connectivity index (χ1n) is 9.77. The number of hydrogen-bond donors (Lipinski definition) is 0. The van der Waals surface area contributed by atoms with Gasteiger partial charge >= 0.3 is 0 Å². The molecule has 2 fully saturated rings. The maximum atomic E-state index is 11.5. The lowest BCUT2D eigenvalue weighted by Gasteiger charge is -2.47. The highest BCUT2D eigenvalue weighted by Gasteiger charge is 2.33. The molecule has 0 spiro atoms. The summed E-state index contributed by atoms with van der Waals surface area (Å²) < 4.78 is 0. The summed E-state index contributed by atoms with van der Waals surface area (Å²) in [5, 5.41) is 0. The van der Waals surface area contributed by atoms with E-state index < -0.39 is 0 Å². The Labute approximate surface area is 152 Å². The van der Waals surface area contributed by atoms with Gasteiger partial charge in [0.2, 0.25) is 5.91 Å². The number of benzene rings is 1. The number of nitrogens with zero attached hydrogens (tertiary/aromatic N) is 3. The molecule has 138 valence electrons. The first-order valence-corrected chi connectivity index (χ1v) is 9.77. The Morgan fingerprint density at radius 2 is 1.72 bits per heavy atom. The fourth-order valence-corrected chi connectivity index (χ4v) is 4.49. The molecular weight excluding hydrogens is 310 g/mol. The minimum Gasteiger partial charge on any atom is -0.343 e. The maximum absolute atomic E-state index is 11.5. The smallest absolute Gasteiger partial charge is 0.219 e.